The van der Waals surface area contributed by atoms with E-state index in [1.165, 1.54) is 16.9 Å². The summed E-state index contributed by atoms with van der Waals surface area (Å²) in [4.78, 5) is 14.8. The standard InChI is InChI=1S/C20H20F3N5O/c1-2-17-18-7-4-8-26(18)9-10-28(17)19(29)16-13-27(25-24-16)12-14-5-3-6-15(11-14)20(21,22)23/h3-8,11,13,17H,2,9-10,12H2,1H3. The SMILES string of the molecule is CCC1c2cccn2CCN1C(=O)c1cn(Cc2cccc(C(F)(F)F)c2)nn1. The molecule has 0 radical (unpaired) electrons. The Morgan fingerprint density at radius 2 is 2.03 bits per heavy atom. The lowest BCUT2D eigenvalue weighted by atomic mass is 10.1. The van der Waals surface area contributed by atoms with E-state index < -0.39 is 11.7 Å². The Morgan fingerprint density at radius 1 is 1.21 bits per heavy atom. The number of benzene rings is 1. The number of nitrogens with zero attached hydrogens (tertiary/aromatic N) is 5. The van der Waals surface area contributed by atoms with Crippen molar-refractivity contribution in [1.82, 2.24) is 24.5 Å². The van der Waals surface area contributed by atoms with Crippen molar-refractivity contribution in [3.8, 4) is 0 Å². The Balaban J connectivity index is 1.51. The van der Waals surface area contributed by atoms with Crippen LogP contribution in [0.2, 0.25) is 0 Å². The largest absolute Gasteiger partial charge is 0.416 e. The van der Waals surface area contributed by atoms with E-state index in [0.717, 1.165) is 24.2 Å². The number of hydrogen-bond donors (Lipinski definition) is 0. The Kier molecular flexibility index (Phi) is 4.89. The van der Waals surface area contributed by atoms with Crippen LogP contribution in [0.25, 0.3) is 0 Å². The number of halogens is 3. The molecule has 152 valence electrons. The number of carbonyl (C=O) groups is 1. The Hall–Kier alpha value is -3.10. The van der Waals surface area contributed by atoms with E-state index in [1.54, 1.807) is 11.0 Å². The first-order chi connectivity index (χ1) is 13.9. The van der Waals surface area contributed by atoms with Crippen LogP contribution >= 0.6 is 0 Å². The molecule has 29 heavy (non-hydrogen) atoms. The number of amides is 1. The lowest BCUT2D eigenvalue weighted by Crippen LogP contribution is -2.41. The van der Waals surface area contributed by atoms with Gasteiger partial charge in [0.2, 0.25) is 0 Å². The molecule has 0 saturated heterocycles. The Bertz CT molecular complexity index is 1020. The molecule has 2 aromatic heterocycles. The van der Waals surface area contributed by atoms with Gasteiger partial charge in [-0.1, -0.05) is 24.3 Å². The van der Waals surface area contributed by atoms with Gasteiger partial charge in [0, 0.05) is 25.0 Å². The molecule has 1 aromatic carbocycles. The summed E-state index contributed by atoms with van der Waals surface area (Å²) in [6, 6.07) is 8.99. The molecule has 3 aromatic rings. The summed E-state index contributed by atoms with van der Waals surface area (Å²) >= 11 is 0. The van der Waals surface area contributed by atoms with Crippen LogP contribution < -0.4 is 0 Å². The zero-order valence-electron chi connectivity index (χ0n) is 15.8. The summed E-state index contributed by atoms with van der Waals surface area (Å²) < 4.78 is 42.2. The van der Waals surface area contributed by atoms with Crippen LogP contribution in [-0.2, 0) is 19.3 Å². The third-order valence-electron chi connectivity index (χ3n) is 5.17. The van der Waals surface area contributed by atoms with Crippen molar-refractivity contribution in [1.29, 1.82) is 0 Å². The van der Waals surface area contributed by atoms with Gasteiger partial charge < -0.3 is 9.47 Å². The molecule has 0 N–H and O–H groups in total. The van der Waals surface area contributed by atoms with Crippen LogP contribution in [0.15, 0.2) is 48.8 Å². The van der Waals surface area contributed by atoms with Gasteiger partial charge in [-0.15, -0.1) is 5.10 Å². The molecule has 1 amide bonds. The summed E-state index contributed by atoms with van der Waals surface area (Å²) in [6.07, 6.45) is -0.136. The van der Waals surface area contributed by atoms with E-state index in [4.69, 9.17) is 0 Å². The van der Waals surface area contributed by atoms with Crippen molar-refractivity contribution >= 4 is 5.91 Å². The van der Waals surface area contributed by atoms with E-state index in [0.29, 0.717) is 18.7 Å². The number of aromatic nitrogens is 4. The molecule has 4 rings (SSSR count). The fourth-order valence-electron chi connectivity index (χ4n) is 3.79. The average molecular weight is 403 g/mol. The highest BCUT2D eigenvalue weighted by Gasteiger charge is 2.32. The minimum Gasteiger partial charge on any atom is -0.348 e. The summed E-state index contributed by atoms with van der Waals surface area (Å²) in [6.45, 7) is 3.41. The molecule has 1 unspecified atom stereocenters. The second-order valence-corrected chi connectivity index (χ2v) is 7.05. The second-order valence-electron chi connectivity index (χ2n) is 7.05. The van der Waals surface area contributed by atoms with Crippen molar-refractivity contribution in [2.75, 3.05) is 6.54 Å². The van der Waals surface area contributed by atoms with Gasteiger partial charge in [-0.2, -0.15) is 13.2 Å². The topological polar surface area (TPSA) is 56.0 Å². The summed E-state index contributed by atoms with van der Waals surface area (Å²) in [5.74, 6) is -0.223. The highest BCUT2D eigenvalue weighted by atomic mass is 19.4. The molecule has 1 atom stereocenters. The predicted molar refractivity (Wildman–Crippen MR) is 99.1 cm³/mol. The molecule has 3 heterocycles. The molecule has 0 fully saturated rings. The van der Waals surface area contributed by atoms with Crippen LogP contribution in [-0.4, -0.2) is 36.9 Å². The molecule has 6 nitrogen and oxygen atoms in total. The lowest BCUT2D eigenvalue weighted by Gasteiger charge is -2.36. The third kappa shape index (κ3) is 3.76. The summed E-state index contributed by atoms with van der Waals surface area (Å²) in [7, 11) is 0. The molecule has 0 bridgehead atoms. The minimum atomic E-state index is -4.40. The Labute approximate surface area is 165 Å². The molecule has 9 heteroatoms. The maximum atomic E-state index is 13.0. The lowest BCUT2D eigenvalue weighted by molar-refractivity contribution is -0.137. The summed E-state index contributed by atoms with van der Waals surface area (Å²) in [5, 5.41) is 7.90. The van der Waals surface area contributed by atoms with Crippen molar-refractivity contribution in [2.45, 2.75) is 38.7 Å². The first kappa shape index (κ1) is 19.2. The van der Waals surface area contributed by atoms with Crippen LogP contribution in [0.4, 0.5) is 13.2 Å². The number of hydrogen-bond acceptors (Lipinski definition) is 3. The number of rotatable bonds is 4. The average Bonchev–Trinajstić information content (AvgIpc) is 3.35. The Morgan fingerprint density at radius 3 is 2.79 bits per heavy atom. The van der Waals surface area contributed by atoms with Gasteiger partial charge in [0.15, 0.2) is 5.69 Å². The molecular weight excluding hydrogens is 383 g/mol. The first-order valence-corrected chi connectivity index (χ1v) is 9.39. The van der Waals surface area contributed by atoms with Crippen LogP contribution in [0.5, 0.6) is 0 Å². The molecular formula is C20H20F3N5O. The molecule has 0 spiro atoms. The quantitative estimate of drug-likeness (QED) is 0.667. The van der Waals surface area contributed by atoms with Crippen molar-refractivity contribution < 1.29 is 18.0 Å². The smallest absolute Gasteiger partial charge is 0.348 e. The van der Waals surface area contributed by atoms with Gasteiger partial charge in [-0.25, -0.2) is 4.68 Å². The fourth-order valence-corrected chi connectivity index (χ4v) is 3.79. The first-order valence-electron chi connectivity index (χ1n) is 9.39. The van der Waals surface area contributed by atoms with Gasteiger partial charge >= 0.3 is 6.18 Å². The van der Waals surface area contributed by atoms with Gasteiger partial charge in [-0.05, 0) is 36.2 Å². The molecule has 1 aliphatic heterocycles. The third-order valence-corrected chi connectivity index (χ3v) is 5.17. The zero-order chi connectivity index (χ0) is 20.6. The fraction of sp³-hybridized carbons (Fsp3) is 0.350. The van der Waals surface area contributed by atoms with Crippen molar-refractivity contribution in [3.63, 3.8) is 0 Å². The van der Waals surface area contributed by atoms with Crippen LogP contribution in [0, 0.1) is 0 Å². The van der Waals surface area contributed by atoms with Gasteiger partial charge in [0.05, 0.1) is 24.3 Å². The van der Waals surface area contributed by atoms with Gasteiger partial charge in [0.1, 0.15) is 0 Å². The van der Waals surface area contributed by atoms with Crippen LogP contribution in [0.1, 0.15) is 46.7 Å². The van der Waals surface area contributed by atoms with E-state index in [9.17, 15) is 18.0 Å². The van der Waals surface area contributed by atoms with E-state index in [-0.39, 0.29) is 24.2 Å². The number of fused-ring (bicyclic) bond motifs is 1. The monoisotopic (exact) mass is 403 g/mol. The van der Waals surface area contributed by atoms with Gasteiger partial charge in [-0.3, -0.25) is 4.79 Å². The molecule has 1 aliphatic rings. The zero-order valence-corrected chi connectivity index (χ0v) is 15.8. The van der Waals surface area contributed by atoms with E-state index in [2.05, 4.69) is 14.9 Å². The maximum absolute atomic E-state index is 13.0. The second kappa shape index (κ2) is 7.38. The van der Waals surface area contributed by atoms with Crippen molar-refractivity contribution in [2.24, 2.45) is 0 Å². The molecule has 0 aliphatic carbocycles. The van der Waals surface area contributed by atoms with E-state index in [1.807, 2.05) is 25.3 Å². The highest BCUT2D eigenvalue weighted by Crippen LogP contribution is 2.31. The van der Waals surface area contributed by atoms with Gasteiger partial charge in [0.25, 0.3) is 5.91 Å². The predicted octanol–water partition coefficient (Wildman–Crippen LogP) is 3.75. The van der Waals surface area contributed by atoms with Crippen LogP contribution in [0.3, 0.4) is 0 Å². The number of alkyl halides is 3. The minimum absolute atomic E-state index is 0.0418. The van der Waals surface area contributed by atoms with Crippen molar-refractivity contribution in [3.05, 3.63) is 71.3 Å². The summed E-state index contributed by atoms with van der Waals surface area (Å²) in [5.41, 5.74) is 0.998. The van der Waals surface area contributed by atoms with E-state index >= 15 is 0 Å². The highest BCUT2D eigenvalue weighted by molar-refractivity contribution is 5.92. The molecule has 0 saturated carbocycles. The maximum Gasteiger partial charge on any atom is 0.416 e. The normalized spacial score (nSPS) is 16.7. The number of carbonyl (C=O) groups excluding carboxylic acids is 1.